The van der Waals surface area contributed by atoms with Crippen molar-refractivity contribution in [2.45, 2.75) is 16.4 Å². The summed E-state index contributed by atoms with van der Waals surface area (Å²) in [4.78, 5) is 2.38. The Hall–Kier alpha value is -1.15. The van der Waals surface area contributed by atoms with Crippen LogP contribution in [0.1, 0.15) is 17.4 Å². The Kier molecular flexibility index (Phi) is 6.62. The minimum atomic E-state index is -4.31. The van der Waals surface area contributed by atoms with Gasteiger partial charge < -0.3 is 9.73 Å². The number of benzene rings is 1. The number of rotatable bonds is 4. The largest absolute Gasteiger partial charge is 0.467 e. The number of nitrogens with one attached hydrogen (secondary N) is 1. The SMILES string of the molecule is Cl.FC(F)(F)Sc1ccccc1[C@@H](c1ccco1)N1CCNCC1. The molecule has 1 saturated heterocycles. The van der Waals surface area contributed by atoms with Crippen molar-refractivity contribution in [3.8, 4) is 0 Å². The van der Waals surface area contributed by atoms with E-state index in [4.69, 9.17) is 4.42 Å². The standard InChI is InChI=1S/C16H17F3N2OS.ClH/c17-16(18,19)23-14-6-2-1-4-12(14)15(13-5-3-11-22-13)21-9-7-20-8-10-21;/h1-6,11,15,20H,7-10H2;1H/t15-;/m0./s1. The van der Waals surface area contributed by atoms with Crippen molar-refractivity contribution in [1.29, 1.82) is 0 Å². The monoisotopic (exact) mass is 378 g/mol. The van der Waals surface area contributed by atoms with E-state index >= 15 is 0 Å². The van der Waals surface area contributed by atoms with Crippen LogP contribution in [0.25, 0.3) is 0 Å². The zero-order valence-electron chi connectivity index (χ0n) is 12.8. The Morgan fingerprint density at radius 3 is 2.42 bits per heavy atom. The molecule has 2 heterocycles. The predicted octanol–water partition coefficient (Wildman–Crippen LogP) is 4.31. The highest BCUT2D eigenvalue weighted by molar-refractivity contribution is 8.00. The van der Waals surface area contributed by atoms with Crippen molar-refractivity contribution in [3.05, 3.63) is 54.0 Å². The number of piperazine rings is 1. The van der Waals surface area contributed by atoms with E-state index in [1.54, 1.807) is 30.5 Å². The van der Waals surface area contributed by atoms with Crippen molar-refractivity contribution in [3.63, 3.8) is 0 Å². The van der Waals surface area contributed by atoms with Crippen molar-refractivity contribution in [2.24, 2.45) is 0 Å². The first-order valence-electron chi connectivity index (χ1n) is 7.37. The first-order chi connectivity index (χ1) is 11.0. The summed E-state index contributed by atoms with van der Waals surface area (Å²) in [6.45, 7) is 3.14. The fraction of sp³-hybridized carbons (Fsp3) is 0.375. The zero-order chi connectivity index (χ0) is 16.3. The molecule has 1 aliphatic heterocycles. The van der Waals surface area contributed by atoms with Crippen LogP contribution in [0.15, 0.2) is 52.0 Å². The summed E-state index contributed by atoms with van der Waals surface area (Å²) in [5.41, 5.74) is -3.68. The maximum absolute atomic E-state index is 12.9. The van der Waals surface area contributed by atoms with E-state index in [0.29, 0.717) is 11.3 Å². The second-order valence-corrected chi connectivity index (χ2v) is 6.40. The van der Waals surface area contributed by atoms with Crippen LogP contribution in [0.2, 0.25) is 0 Å². The summed E-state index contributed by atoms with van der Waals surface area (Å²) in [5.74, 6) is 0.669. The normalized spacial score (nSPS) is 17.3. The van der Waals surface area contributed by atoms with Crippen molar-refractivity contribution >= 4 is 24.2 Å². The van der Waals surface area contributed by atoms with E-state index in [1.165, 1.54) is 6.07 Å². The Morgan fingerprint density at radius 2 is 1.79 bits per heavy atom. The van der Waals surface area contributed by atoms with E-state index in [9.17, 15) is 13.2 Å². The van der Waals surface area contributed by atoms with Gasteiger partial charge in [-0.05, 0) is 35.5 Å². The third-order valence-electron chi connectivity index (χ3n) is 3.77. The number of nitrogens with zero attached hydrogens (tertiary/aromatic N) is 1. The average molecular weight is 379 g/mol. The van der Waals surface area contributed by atoms with E-state index in [2.05, 4.69) is 10.2 Å². The van der Waals surface area contributed by atoms with Crippen LogP contribution in [0, 0.1) is 0 Å². The Bertz CT molecular complexity index is 631. The van der Waals surface area contributed by atoms with Gasteiger partial charge in [0.05, 0.1) is 12.3 Å². The fourth-order valence-corrected chi connectivity index (χ4v) is 3.53. The quantitative estimate of drug-likeness (QED) is 0.803. The lowest BCUT2D eigenvalue weighted by atomic mass is 10.0. The van der Waals surface area contributed by atoms with Gasteiger partial charge in [0.2, 0.25) is 0 Å². The summed E-state index contributed by atoms with van der Waals surface area (Å²) in [6.07, 6.45) is 1.56. The molecule has 1 fully saturated rings. The maximum Gasteiger partial charge on any atom is 0.446 e. The number of furan rings is 1. The molecule has 1 aromatic heterocycles. The van der Waals surface area contributed by atoms with Gasteiger partial charge in [-0.3, -0.25) is 4.90 Å². The molecule has 132 valence electrons. The molecule has 0 unspecified atom stereocenters. The highest BCUT2D eigenvalue weighted by Gasteiger charge is 2.34. The summed E-state index contributed by atoms with van der Waals surface area (Å²) >= 11 is -0.0670. The molecular formula is C16H18ClF3N2OS. The van der Waals surface area contributed by atoms with Crippen molar-refractivity contribution in [2.75, 3.05) is 26.2 Å². The van der Waals surface area contributed by atoms with Gasteiger partial charge in [-0.15, -0.1) is 12.4 Å². The summed E-state index contributed by atoms with van der Waals surface area (Å²) < 4.78 is 44.2. The van der Waals surface area contributed by atoms with Crippen LogP contribution in [0.5, 0.6) is 0 Å². The molecule has 1 N–H and O–H groups in total. The third kappa shape index (κ3) is 4.69. The molecule has 0 bridgehead atoms. The lowest BCUT2D eigenvalue weighted by Crippen LogP contribution is -2.45. The molecule has 1 atom stereocenters. The van der Waals surface area contributed by atoms with Gasteiger partial charge in [-0.2, -0.15) is 13.2 Å². The van der Waals surface area contributed by atoms with Crippen LogP contribution < -0.4 is 5.32 Å². The van der Waals surface area contributed by atoms with Crippen LogP contribution in [0.4, 0.5) is 13.2 Å². The van der Waals surface area contributed by atoms with E-state index < -0.39 is 5.51 Å². The van der Waals surface area contributed by atoms with Crippen molar-refractivity contribution < 1.29 is 17.6 Å². The molecule has 8 heteroatoms. The number of hydrogen-bond donors (Lipinski definition) is 1. The van der Waals surface area contributed by atoms with E-state index in [-0.39, 0.29) is 35.1 Å². The van der Waals surface area contributed by atoms with Gasteiger partial charge in [0, 0.05) is 31.1 Å². The molecule has 2 aromatic rings. The maximum atomic E-state index is 12.9. The average Bonchev–Trinajstić information content (AvgIpc) is 3.03. The van der Waals surface area contributed by atoms with Gasteiger partial charge in [-0.25, -0.2) is 0 Å². The molecule has 1 aliphatic rings. The first-order valence-corrected chi connectivity index (χ1v) is 8.19. The Morgan fingerprint density at radius 1 is 1.08 bits per heavy atom. The molecule has 3 nitrogen and oxygen atoms in total. The molecule has 3 rings (SSSR count). The van der Waals surface area contributed by atoms with Gasteiger partial charge >= 0.3 is 5.51 Å². The van der Waals surface area contributed by atoms with Gasteiger partial charge in [0.15, 0.2) is 0 Å². The van der Waals surface area contributed by atoms with Crippen LogP contribution in [-0.2, 0) is 0 Å². The highest BCUT2D eigenvalue weighted by Crippen LogP contribution is 2.42. The Labute approximate surface area is 149 Å². The lowest BCUT2D eigenvalue weighted by Gasteiger charge is -2.34. The third-order valence-corrected chi connectivity index (χ3v) is 4.59. The topological polar surface area (TPSA) is 28.4 Å². The highest BCUT2D eigenvalue weighted by atomic mass is 35.5. The molecule has 0 aliphatic carbocycles. The number of halogens is 4. The first kappa shape index (κ1) is 19.2. The lowest BCUT2D eigenvalue weighted by molar-refractivity contribution is -0.0328. The fourth-order valence-electron chi connectivity index (χ4n) is 2.84. The minimum absolute atomic E-state index is 0. The van der Waals surface area contributed by atoms with Gasteiger partial charge in [0.1, 0.15) is 5.76 Å². The molecule has 1 aromatic carbocycles. The smallest absolute Gasteiger partial charge is 0.446 e. The second kappa shape index (κ2) is 8.29. The predicted molar refractivity (Wildman–Crippen MR) is 90.6 cm³/mol. The summed E-state index contributed by atoms with van der Waals surface area (Å²) in [7, 11) is 0. The minimum Gasteiger partial charge on any atom is -0.467 e. The molecule has 0 spiro atoms. The van der Waals surface area contributed by atoms with Crippen LogP contribution in [0.3, 0.4) is 0 Å². The van der Waals surface area contributed by atoms with Gasteiger partial charge in [0.25, 0.3) is 0 Å². The van der Waals surface area contributed by atoms with E-state index in [1.807, 2.05) is 6.07 Å². The number of alkyl halides is 3. The molecule has 0 radical (unpaired) electrons. The Balaban J connectivity index is 0.00000208. The van der Waals surface area contributed by atoms with E-state index in [0.717, 1.165) is 26.2 Å². The number of hydrogen-bond acceptors (Lipinski definition) is 4. The molecule has 0 amide bonds. The summed E-state index contributed by atoms with van der Waals surface area (Å²) in [6, 6.07) is 9.96. The summed E-state index contributed by atoms with van der Waals surface area (Å²) in [5, 5.41) is 3.26. The zero-order valence-corrected chi connectivity index (χ0v) is 14.4. The van der Waals surface area contributed by atoms with Gasteiger partial charge in [-0.1, -0.05) is 18.2 Å². The van der Waals surface area contributed by atoms with Crippen molar-refractivity contribution in [1.82, 2.24) is 10.2 Å². The second-order valence-electron chi connectivity index (χ2n) is 5.29. The molecule has 24 heavy (non-hydrogen) atoms. The molecular weight excluding hydrogens is 361 g/mol. The number of thioether (sulfide) groups is 1. The molecule has 0 saturated carbocycles. The van der Waals surface area contributed by atoms with Crippen LogP contribution in [-0.4, -0.2) is 36.6 Å². The van der Waals surface area contributed by atoms with Crippen LogP contribution >= 0.6 is 24.2 Å².